The second kappa shape index (κ2) is 4.61. The molecule has 3 heteroatoms. The van der Waals surface area contributed by atoms with Gasteiger partial charge in [0.1, 0.15) is 0 Å². The Morgan fingerprint density at radius 2 is 1.73 bits per heavy atom. The van der Waals surface area contributed by atoms with Gasteiger partial charge in [-0.2, -0.15) is 0 Å². The number of hydrogen-bond donors (Lipinski definition) is 2. The maximum Gasteiger partial charge on any atom is 0.251 e. The molecule has 2 aromatic rings. The van der Waals surface area contributed by atoms with Crippen LogP contribution in [0.2, 0.25) is 0 Å². The van der Waals surface area contributed by atoms with Crippen LogP contribution in [0.3, 0.4) is 0 Å². The SMILES string of the molecule is O=C(NC1C2CC3CC(C2)CC1C3)c1ccc2[nH]ccc2c1. The molecule has 1 aromatic carbocycles. The van der Waals surface area contributed by atoms with Gasteiger partial charge in [-0.05, 0) is 80.0 Å². The van der Waals surface area contributed by atoms with Gasteiger partial charge in [0.05, 0.1) is 0 Å². The van der Waals surface area contributed by atoms with E-state index in [-0.39, 0.29) is 5.91 Å². The molecular formula is C19H22N2O. The van der Waals surface area contributed by atoms with Gasteiger partial charge < -0.3 is 10.3 Å². The lowest BCUT2D eigenvalue weighted by molar-refractivity contribution is -0.0119. The molecular weight excluding hydrogens is 272 g/mol. The van der Waals surface area contributed by atoms with E-state index < -0.39 is 0 Å². The van der Waals surface area contributed by atoms with Crippen LogP contribution >= 0.6 is 0 Å². The van der Waals surface area contributed by atoms with Gasteiger partial charge in [0.15, 0.2) is 0 Å². The number of rotatable bonds is 2. The monoisotopic (exact) mass is 294 g/mol. The number of hydrogen-bond acceptors (Lipinski definition) is 1. The van der Waals surface area contributed by atoms with Gasteiger partial charge in [-0.3, -0.25) is 4.79 Å². The van der Waals surface area contributed by atoms with E-state index in [1.807, 2.05) is 30.5 Å². The highest BCUT2D eigenvalue weighted by Gasteiger charge is 2.48. The van der Waals surface area contributed by atoms with Gasteiger partial charge in [0, 0.05) is 28.7 Å². The van der Waals surface area contributed by atoms with Crippen LogP contribution in [0.4, 0.5) is 0 Å². The van der Waals surface area contributed by atoms with Crippen LogP contribution in [0.5, 0.6) is 0 Å². The van der Waals surface area contributed by atoms with E-state index in [4.69, 9.17) is 0 Å². The summed E-state index contributed by atoms with van der Waals surface area (Å²) in [5.74, 6) is 3.48. The number of benzene rings is 1. The number of aromatic nitrogens is 1. The van der Waals surface area contributed by atoms with Crippen LogP contribution in [-0.4, -0.2) is 16.9 Å². The fourth-order valence-corrected chi connectivity index (χ4v) is 5.59. The zero-order chi connectivity index (χ0) is 14.7. The highest BCUT2D eigenvalue weighted by Crippen LogP contribution is 2.53. The number of carbonyl (C=O) groups is 1. The normalized spacial score (nSPS) is 35.9. The molecule has 0 spiro atoms. The molecule has 4 fully saturated rings. The lowest BCUT2D eigenvalue weighted by Gasteiger charge is -2.54. The minimum atomic E-state index is 0.112. The maximum atomic E-state index is 12.7. The molecule has 2 N–H and O–H groups in total. The first-order chi connectivity index (χ1) is 10.8. The van der Waals surface area contributed by atoms with Gasteiger partial charge in [-0.15, -0.1) is 0 Å². The fraction of sp³-hybridized carbons (Fsp3) is 0.526. The van der Waals surface area contributed by atoms with Gasteiger partial charge in [-0.1, -0.05) is 0 Å². The van der Waals surface area contributed by atoms with E-state index in [1.54, 1.807) is 0 Å². The summed E-state index contributed by atoms with van der Waals surface area (Å²) in [7, 11) is 0. The van der Waals surface area contributed by atoms with Crippen LogP contribution in [0.25, 0.3) is 10.9 Å². The third-order valence-electron chi connectivity index (χ3n) is 6.34. The molecule has 0 saturated heterocycles. The fourth-order valence-electron chi connectivity index (χ4n) is 5.59. The van der Waals surface area contributed by atoms with E-state index >= 15 is 0 Å². The molecule has 0 aliphatic heterocycles. The van der Waals surface area contributed by atoms with Crippen LogP contribution in [0.15, 0.2) is 30.5 Å². The number of fused-ring (bicyclic) bond motifs is 1. The average molecular weight is 294 g/mol. The first-order valence-electron chi connectivity index (χ1n) is 8.64. The van der Waals surface area contributed by atoms with Crippen molar-refractivity contribution in [1.29, 1.82) is 0 Å². The molecule has 1 heterocycles. The van der Waals surface area contributed by atoms with Crippen molar-refractivity contribution in [2.75, 3.05) is 0 Å². The van der Waals surface area contributed by atoms with Crippen LogP contribution in [0, 0.1) is 23.7 Å². The average Bonchev–Trinajstić information content (AvgIpc) is 2.97. The first-order valence-corrected chi connectivity index (χ1v) is 8.64. The Hall–Kier alpha value is -1.77. The van der Waals surface area contributed by atoms with Crippen molar-refractivity contribution in [1.82, 2.24) is 10.3 Å². The summed E-state index contributed by atoms with van der Waals surface area (Å²) in [6.07, 6.45) is 8.75. The summed E-state index contributed by atoms with van der Waals surface area (Å²) >= 11 is 0. The van der Waals surface area contributed by atoms with Crippen molar-refractivity contribution in [2.24, 2.45) is 23.7 Å². The molecule has 3 nitrogen and oxygen atoms in total. The summed E-state index contributed by atoms with van der Waals surface area (Å²) in [6.45, 7) is 0. The Labute approximate surface area is 130 Å². The van der Waals surface area contributed by atoms with E-state index in [0.29, 0.717) is 6.04 Å². The Morgan fingerprint density at radius 1 is 1.00 bits per heavy atom. The van der Waals surface area contributed by atoms with Crippen molar-refractivity contribution in [3.63, 3.8) is 0 Å². The van der Waals surface area contributed by atoms with Gasteiger partial charge >= 0.3 is 0 Å². The zero-order valence-corrected chi connectivity index (χ0v) is 12.7. The lowest BCUT2D eigenvalue weighted by Crippen LogP contribution is -2.55. The Morgan fingerprint density at radius 3 is 2.45 bits per heavy atom. The Kier molecular flexibility index (Phi) is 2.67. The number of H-pyrrole nitrogens is 1. The number of amides is 1. The third kappa shape index (κ3) is 1.91. The topological polar surface area (TPSA) is 44.9 Å². The molecule has 114 valence electrons. The van der Waals surface area contributed by atoms with Crippen molar-refractivity contribution in [3.05, 3.63) is 36.0 Å². The molecule has 1 amide bonds. The van der Waals surface area contributed by atoms with Crippen LogP contribution in [-0.2, 0) is 0 Å². The van der Waals surface area contributed by atoms with Crippen molar-refractivity contribution in [2.45, 2.75) is 38.1 Å². The summed E-state index contributed by atoms with van der Waals surface area (Å²) < 4.78 is 0. The first kappa shape index (κ1) is 12.7. The summed E-state index contributed by atoms with van der Waals surface area (Å²) in [6, 6.07) is 8.37. The molecule has 4 bridgehead atoms. The summed E-state index contributed by atoms with van der Waals surface area (Å²) in [4.78, 5) is 15.9. The quantitative estimate of drug-likeness (QED) is 0.871. The Bertz CT molecular complexity index is 704. The molecule has 6 rings (SSSR count). The molecule has 0 atom stereocenters. The van der Waals surface area contributed by atoms with E-state index in [2.05, 4.69) is 10.3 Å². The maximum absolute atomic E-state index is 12.7. The van der Waals surface area contributed by atoms with Crippen LogP contribution in [0.1, 0.15) is 42.5 Å². The van der Waals surface area contributed by atoms with Gasteiger partial charge in [-0.25, -0.2) is 0 Å². The minimum absolute atomic E-state index is 0.112. The van der Waals surface area contributed by atoms with Gasteiger partial charge in [0.25, 0.3) is 5.91 Å². The smallest absolute Gasteiger partial charge is 0.251 e. The highest BCUT2D eigenvalue weighted by molar-refractivity contribution is 5.98. The third-order valence-corrected chi connectivity index (χ3v) is 6.34. The van der Waals surface area contributed by atoms with Crippen molar-refractivity contribution < 1.29 is 4.79 Å². The highest BCUT2D eigenvalue weighted by atomic mass is 16.1. The second-order valence-electron chi connectivity index (χ2n) is 7.71. The Balaban J connectivity index is 1.38. The lowest BCUT2D eigenvalue weighted by atomic mass is 9.54. The number of carbonyl (C=O) groups excluding carboxylic acids is 1. The second-order valence-corrected chi connectivity index (χ2v) is 7.71. The van der Waals surface area contributed by atoms with Crippen molar-refractivity contribution >= 4 is 16.8 Å². The summed E-state index contributed by atoms with van der Waals surface area (Å²) in [5.41, 5.74) is 1.88. The van der Waals surface area contributed by atoms with Crippen molar-refractivity contribution in [3.8, 4) is 0 Å². The largest absolute Gasteiger partial charge is 0.361 e. The molecule has 4 aliphatic carbocycles. The molecule has 22 heavy (non-hydrogen) atoms. The molecule has 0 radical (unpaired) electrons. The number of nitrogens with one attached hydrogen (secondary N) is 2. The minimum Gasteiger partial charge on any atom is -0.361 e. The predicted octanol–water partition coefficient (Wildman–Crippen LogP) is 3.72. The summed E-state index contributed by atoms with van der Waals surface area (Å²) in [5, 5.41) is 4.50. The zero-order valence-electron chi connectivity index (χ0n) is 12.7. The number of aromatic amines is 1. The van der Waals surface area contributed by atoms with E-state index in [0.717, 1.165) is 40.1 Å². The van der Waals surface area contributed by atoms with E-state index in [9.17, 15) is 4.79 Å². The van der Waals surface area contributed by atoms with Crippen LogP contribution < -0.4 is 5.32 Å². The molecule has 1 aromatic heterocycles. The standard InChI is InChI=1S/C19H22N2O/c22-19(14-1-2-17-13(10-14)3-4-20-17)21-18-15-6-11-5-12(8-15)9-16(18)7-11/h1-4,10-12,15-16,18,20H,5-9H2,(H,21,22). The van der Waals surface area contributed by atoms with E-state index in [1.165, 1.54) is 32.1 Å². The van der Waals surface area contributed by atoms with Gasteiger partial charge in [0.2, 0.25) is 0 Å². The molecule has 4 aliphatic rings. The molecule has 0 unspecified atom stereocenters. The molecule has 4 saturated carbocycles. The predicted molar refractivity (Wildman–Crippen MR) is 86.6 cm³/mol.